The Morgan fingerprint density at radius 3 is 2.74 bits per heavy atom. The van der Waals surface area contributed by atoms with Crippen molar-refractivity contribution in [2.75, 3.05) is 20.2 Å². The van der Waals surface area contributed by atoms with E-state index >= 15 is 0 Å². The summed E-state index contributed by atoms with van der Waals surface area (Å²) in [6.45, 7) is 1.75. The fraction of sp³-hybridized carbons (Fsp3) is 0.273. The van der Waals surface area contributed by atoms with Gasteiger partial charge in [0.05, 0.1) is 19.2 Å². The fourth-order valence-electron chi connectivity index (χ4n) is 3.02. The fourth-order valence-corrected chi connectivity index (χ4v) is 4.13. The molecule has 0 saturated carbocycles. The summed E-state index contributed by atoms with van der Waals surface area (Å²) in [5, 5.41) is 14.4. The number of benzene rings is 2. The summed E-state index contributed by atoms with van der Waals surface area (Å²) in [7, 11) is 1.57. The van der Waals surface area contributed by atoms with Crippen molar-refractivity contribution in [2.45, 2.75) is 19.4 Å². The maximum Gasteiger partial charge on any atom is 0.304 e. The van der Waals surface area contributed by atoms with Crippen molar-refractivity contribution >= 4 is 34.6 Å². The van der Waals surface area contributed by atoms with Gasteiger partial charge in [-0.15, -0.1) is 11.3 Å². The van der Waals surface area contributed by atoms with Crippen LogP contribution >= 0.6 is 22.9 Å². The molecule has 1 heterocycles. The highest BCUT2D eigenvalue weighted by Crippen LogP contribution is 2.30. The van der Waals surface area contributed by atoms with Gasteiger partial charge in [0.2, 0.25) is 0 Å². The minimum atomic E-state index is -0.823. The van der Waals surface area contributed by atoms with Crippen LogP contribution in [0.3, 0.4) is 0 Å². The van der Waals surface area contributed by atoms with Crippen molar-refractivity contribution in [2.24, 2.45) is 4.99 Å². The zero-order chi connectivity index (χ0) is 22.2. The van der Waals surface area contributed by atoms with Gasteiger partial charge in [0.25, 0.3) is 0 Å². The van der Waals surface area contributed by atoms with E-state index in [1.54, 1.807) is 37.4 Å². The van der Waals surface area contributed by atoms with E-state index in [2.05, 4.69) is 9.88 Å². The number of thiazole rings is 1. The van der Waals surface area contributed by atoms with Gasteiger partial charge in [-0.1, -0.05) is 11.6 Å². The molecule has 0 spiro atoms. The van der Waals surface area contributed by atoms with Crippen molar-refractivity contribution in [1.29, 1.82) is 0 Å². The van der Waals surface area contributed by atoms with E-state index in [9.17, 15) is 9.18 Å². The highest BCUT2D eigenvalue weighted by atomic mass is 35.5. The number of nitrogens with one attached hydrogen (secondary N) is 1. The topological polar surface area (TPSA) is 75.8 Å². The minimum Gasteiger partial charge on any atom is -0.494 e. The van der Waals surface area contributed by atoms with Crippen LogP contribution in [0.2, 0.25) is 5.02 Å². The molecule has 0 bridgehead atoms. The van der Waals surface area contributed by atoms with Gasteiger partial charge in [-0.25, -0.2) is 9.38 Å². The third-order valence-corrected chi connectivity index (χ3v) is 5.65. The summed E-state index contributed by atoms with van der Waals surface area (Å²) in [5.41, 5.74) is 2.48. The van der Waals surface area contributed by atoms with Gasteiger partial charge in [0.1, 0.15) is 17.3 Å². The first-order valence-corrected chi connectivity index (χ1v) is 11.0. The van der Waals surface area contributed by atoms with Crippen molar-refractivity contribution in [3.05, 3.63) is 63.5 Å². The number of aromatic nitrogens is 1. The molecule has 1 aromatic heterocycles. The molecular formula is C22H23ClFN3O3S. The standard InChI is InChI=1S/C22H23ClFN3O3S/c1-30-20-13-16(23)5-8-18(20)26-22-27(12-2-10-25-11-9-21(28)29)19(14-31-22)15-3-6-17(24)7-4-15/h3-8,13-14,25H,2,9-12H2,1H3,(H,28,29). The number of nitrogens with zero attached hydrogens (tertiary/aromatic N) is 2. The van der Waals surface area contributed by atoms with Crippen molar-refractivity contribution < 1.29 is 19.0 Å². The van der Waals surface area contributed by atoms with Crippen LogP contribution in [-0.2, 0) is 11.3 Å². The number of hydrogen-bond donors (Lipinski definition) is 2. The molecule has 0 atom stereocenters. The summed E-state index contributed by atoms with van der Waals surface area (Å²) >= 11 is 7.54. The van der Waals surface area contributed by atoms with E-state index in [-0.39, 0.29) is 12.2 Å². The Morgan fingerprint density at radius 2 is 2.03 bits per heavy atom. The van der Waals surface area contributed by atoms with Crippen molar-refractivity contribution in [1.82, 2.24) is 9.88 Å². The van der Waals surface area contributed by atoms with Gasteiger partial charge in [0.15, 0.2) is 4.80 Å². The summed E-state index contributed by atoms with van der Waals surface area (Å²) in [6, 6.07) is 11.6. The van der Waals surface area contributed by atoms with Crippen LogP contribution in [0.15, 0.2) is 52.8 Å². The van der Waals surface area contributed by atoms with E-state index in [0.29, 0.717) is 36.1 Å². The first kappa shape index (κ1) is 23.0. The molecule has 2 N–H and O–H groups in total. The number of carboxylic acids is 1. The number of rotatable bonds is 10. The predicted octanol–water partition coefficient (Wildman–Crippen LogP) is 4.70. The van der Waals surface area contributed by atoms with E-state index in [4.69, 9.17) is 26.4 Å². The van der Waals surface area contributed by atoms with Crippen LogP contribution in [0.1, 0.15) is 12.8 Å². The second-order valence-electron chi connectivity index (χ2n) is 6.74. The molecule has 0 aliphatic carbocycles. The number of aliphatic carboxylic acids is 1. The summed E-state index contributed by atoms with van der Waals surface area (Å²) < 4.78 is 20.9. The van der Waals surface area contributed by atoms with Crippen LogP contribution in [-0.4, -0.2) is 35.8 Å². The van der Waals surface area contributed by atoms with Crippen LogP contribution in [0.4, 0.5) is 10.1 Å². The quantitative estimate of drug-likeness (QED) is 0.427. The average Bonchev–Trinajstić information content (AvgIpc) is 3.14. The molecule has 9 heteroatoms. The number of methoxy groups -OCH3 is 1. The van der Waals surface area contributed by atoms with Crippen LogP contribution in [0.5, 0.6) is 5.75 Å². The third kappa shape index (κ3) is 6.40. The molecule has 0 saturated heterocycles. The Morgan fingerprint density at radius 1 is 1.26 bits per heavy atom. The van der Waals surface area contributed by atoms with Gasteiger partial charge in [-0.05, 0) is 54.9 Å². The number of halogens is 2. The van der Waals surface area contributed by atoms with E-state index in [1.807, 2.05) is 5.38 Å². The summed E-state index contributed by atoms with van der Waals surface area (Å²) in [4.78, 5) is 16.2. The Kier molecular flexibility index (Phi) is 8.22. The Balaban J connectivity index is 1.90. The van der Waals surface area contributed by atoms with Crippen molar-refractivity contribution in [3.8, 4) is 17.0 Å². The molecule has 0 radical (unpaired) electrons. The maximum absolute atomic E-state index is 13.4. The van der Waals surface area contributed by atoms with Gasteiger partial charge in [-0.2, -0.15) is 0 Å². The minimum absolute atomic E-state index is 0.0867. The summed E-state index contributed by atoms with van der Waals surface area (Å²) in [6.07, 6.45) is 0.860. The molecule has 0 amide bonds. The van der Waals surface area contributed by atoms with Crippen LogP contribution in [0, 0.1) is 5.82 Å². The Hall–Kier alpha value is -2.68. The van der Waals surface area contributed by atoms with E-state index in [1.165, 1.54) is 23.5 Å². The molecule has 164 valence electrons. The molecule has 2 aromatic carbocycles. The SMILES string of the molecule is COc1cc(Cl)ccc1N=c1scc(-c2ccc(F)cc2)n1CCCNCCC(=O)O. The smallest absolute Gasteiger partial charge is 0.304 e. The highest BCUT2D eigenvalue weighted by Gasteiger charge is 2.10. The molecule has 0 aliphatic rings. The molecule has 0 aliphatic heterocycles. The molecule has 0 fully saturated rings. The zero-order valence-corrected chi connectivity index (χ0v) is 18.5. The maximum atomic E-state index is 13.4. The third-order valence-electron chi connectivity index (χ3n) is 4.55. The first-order chi connectivity index (χ1) is 15.0. The first-order valence-electron chi connectivity index (χ1n) is 9.73. The number of carboxylic acid groups (broad SMARTS) is 1. The number of hydrogen-bond acceptors (Lipinski definition) is 5. The Bertz CT molecular complexity index is 1100. The van der Waals surface area contributed by atoms with Gasteiger partial charge < -0.3 is 19.7 Å². The molecule has 3 aromatic rings. The Labute approximate surface area is 188 Å². The number of carbonyl (C=O) groups is 1. The van der Waals surface area contributed by atoms with Gasteiger partial charge in [-0.3, -0.25) is 4.79 Å². The van der Waals surface area contributed by atoms with Gasteiger partial charge in [0, 0.05) is 29.6 Å². The molecule has 6 nitrogen and oxygen atoms in total. The lowest BCUT2D eigenvalue weighted by atomic mass is 10.1. The lowest BCUT2D eigenvalue weighted by molar-refractivity contribution is -0.136. The molecule has 3 rings (SSSR count). The van der Waals surface area contributed by atoms with Crippen LogP contribution < -0.4 is 14.9 Å². The molecule has 0 unspecified atom stereocenters. The molecule has 31 heavy (non-hydrogen) atoms. The molecular weight excluding hydrogens is 441 g/mol. The normalized spacial score (nSPS) is 11.6. The highest BCUT2D eigenvalue weighted by molar-refractivity contribution is 7.07. The lowest BCUT2D eigenvalue weighted by Gasteiger charge is -2.10. The summed E-state index contributed by atoms with van der Waals surface area (Å²) in [5.74, 6) is -0.536. The second kappa shape index (κ2) is 11.1. The van der Waals surface area contributed by atoms with E-state index in [0.717, 1.165) is 22.5 Å². The van der Waals surface area contributed by atoms with Gasteiger partial charge >= 0.3 is 5.97 Å². The second-order valence-corrected chi connectivity index (χ2v) is 8.01. The van der Waals surface area contributed by atoms with Crippen molar-refractivity contribution in [3.63, 3.8) is 0 Å². The largest absolute Gasteiger partial charge is 0.494 e. The zero-order valence-electron chi connectivity index (χ0n) is 17.0. The predicted molar refractivity (Wildman–Crippen MR) is 121 cm³/mol. The lowest BCUT2D eigenvalue weighted by Crippen LogP contribution is -2.23. The van der Waals surface area contributed by atoms with Crippen LogP contribution in [0.25, 0.3) is 11.3 Å². The number of ether oxygens (including phenoxy) is 1. The van der Waals surface area contributed by atoms with E-state index < -0.39 is 5.97 Å². The average molecular weight is 464 g/mol. The monoisotopic (exact) mass is 463 g/mol.